The van der Waals surface area contributed by atoms with E-state index in [1.165, 1.54) is 60.3 Å². The third kappa shape index (κ3) is 2.70. The van der Waals surface area contributed by atoms with Crippen molar-refractivity contribution in [3.05, 3.63) is 77.5 Å². The van der Waals surface area contributed by atoms with Crippen LogP contribution in [0.15, 0.2) is 60.8 Å². The van der Waals surface area contributed by atoms with Crippen molar-refractivity contribution in [2.75, 3.05) is 0 Å². The third-order valence-electron chi connectivity index (χ3n) is 7.37. The summed E-state index contributed by atoms with van der Waals surface area (Å²) in [7, 11) is 2.16. The van der Waals surface area contributed by atoms with Crippen molar-refractivity contribution in [1.29, 1.82) is 0 Å². The predicted octanol–water partition coefficient (Wildman–Crippen LogP) is 8.30. The van der Waals surface area contributed by atoms with Gasteiger partial charge < -0.3 is 4.74 Å². The number of hydrogen-bond acceptors (Lipinski definition) is 1. The Morgan fingerprint density at radius 2 is 1.55 bits per heavy atom. The summed E-state index contributed by atoms with van der Waals surface area (Å²) in [5.41, 5.74) is 6.47. The Morgan fingerprint density at radius 3 is 2.27 bits per heavy atom. The third-order valence-corrected chi connectivity index (χ3v) is 7.37. The highest BCUT2D eigenvalue weighted by Gasteiger charge is 2.34. The van der Waals surface area contributed by atoms with E-state index in [0.29, 0.717) is 11.8 Å². The molecule has 6 rings (SSSR count). The molecule has 4 aromatic carbocycles. The summed E-state index contributed by atoms with van der Waals surface area (Å²) in [4.78, 5) is 0. The Balaban J connectivity index is 1.86. The van der Waals surface area contributed by atoms with Gasteiger partial charge in [-0.2, -0.15) is 0 Å². The van der Waals surface area contributed by atoms with Crippen LogP contribution in [0.4, 0.5) is 0 Å². The van der Waals surface area contributed by atoms with E-state index >= 15 is 0 Å². The van der Waals surface area contributed by atoms with Gasteiger partial charge in [0.2, 0.25) is 5.69 Å². The fourth-order valence-electron chi connectivity index (χ4n) is 5.88. The molecule has 0 radical (unpaired) electrons. The van der Waals surface area contributed by atoms with E-state index in [2.05, 4.69) is 107 Å². The summed E-state index contributed by atoms with van der Waals surface area (Å²) in [6, 6.07) is 20.0. The van der Waals surface area contributed by atoms with Crippen LogP contribution in [-0.4, -0.2) is 0 Å². The quantitative estimate of drug-likeness (QED) is 0.198. The lowest BCUT2D eigenvalue weighted by Gasteiger charge is -2.27. The molecule has 2 nitrogen and oxygen atoms in total. The van der Waals surface area contributed by atoms with E-state index in [1.54, 1.807) is 0 Å². The zero-order valence-electron chi connectivity index (χ0n) is 20.3. The van der Waals surface area contributed by atoms with Crippen molar-refractivity contribution in [1.82, 2.24) is 0 Å². The molecule has 0 fully saturated rings. The van der Waals surface area contributed by atoms with Crippen LogP contribution in [0.25, 0.3) is 43.6 Å². The van der Waals surface area contributed by atoms with Crippen LogP contribution in [-0.2, 0) is 7.05 Å². The van der Waals surface area contributed by atoms with Gasteiger partial charge in [-0.3, -0.25) is 0 Å². The molecule has 5 aromatic rings. The van der Waals surface area contributed by atoms with Crippen LogP contribution in [0.3, 0.4) is 0 Å². The number of benzene rings is 4. The molecule has 0 spiro atoms. The molecule has 33 heavy (non-hydrogen) atoms. The second kappa shape index (κ2) is 7.05. The summed E-state index contributed by atoms with van der Waals surface area (Å²) < 4.78 is 9.16. The van der Waals surface area contributed by atoms with E-state index in [1.807, 2.05) is 0 Å². The number of ether oxygens (including phenoxy) is 1. The minimum atomic E-state index is 0.350. The fraction of sp³-hybridized carbons (Fsp3) is 0.258. The average Bonchev–Trinajstić information content (AvgIpc) is 2.79. The molecular weight excluding hydrogens is 402 g/mol. The van der Waals surface area contributed by atoms with Gasteiger partial charge in [0.05, 0.1) is 10.9 Å². The van der Waals surface area contributed by atoms with Gasteiger partial charge >= 0.3 is 0 Å². The van der Waals surface area contributed by atoms with E-state index in [0.717, 1.165) is 11.5 Å². The van der Waals surface area contributed by atoms with Gasteiger partial charge in [-0.1, -0.05) is 70.2 Å². The fourth-order valence-corrected chi connectivity index (χ4v) is 5.88. The molecule has 1 aliphatic heterocycles. The van der Waals surface area contributed by atoms with Crippen LogP contribution >= 0.6 is 0 Å². The monoisotopic (exact) mass is 432 g/mol. The smallest absolute Gasteiger partial charge is 0.228 e. The van der Waals surface area contributed by atoms with Gasteiger partial charge in [0.15, 0.2) is 6.20 Å². The van der Waals surface area contributed by atoms with Gasteiger partial charge in [0.1, 0.15) is 18.5 Å². The van der Waals surface area contributed by atoms with E-state index in [9.17, 15) is 0 Å². The maximum Gasteiger partial charge on any atom is 0.228 e. The van der Waals surface area contributed by atoms with Gasteiger partial charge in [0, 0.05) is 17.0 Å². The predicted molar refractivity (Wildman–Crippen MR) is 139 cm³/mol. The molecule has 0 atom stereocenters. The van der Waals surface area contributed by atoms with Crippen LogP contribution in [0.5, 0.6) is 11.5 Å². The lowest BCUT2D eigenvalue weighted by Crippen LogP contribution is -2.32. The first-order chi connectivity index (χ1) is 15.9. The standard InChI is InChI=1S/C31H30NO/c1-17(2)21-13-9-10-20-16-25-29-24(28(20)21)14-15-32(6)30(29)27-19(5)22-11-7-8-12-23(22)26(18(3)4)31(27)33-25/h7-18H,1-6H3/q+1. The molecule has 1 aromatic heterocycles. The van der Waals surface area contributed by atoms with Crippen molar-refractivity contribution in [3.8, 4) is 22.8 Å². The van der Waals surface area contributed by atoms with Gasteiger partial charge in [-0.25, -0.2) is 4.57 Å². The number of pyridine rings is 1. The molecule has 0 aliphatic carbocycles. The topological polar surface area (TPSA) is 13.1 Å². The zero-order chi connectivity index (χ0) is 23.0. The zero-order valence-corrected chi connectivity index (χ0v) is 20.3. The molecular formula is C31H30NO+. The maximum absolute atomic E-state index is 6.88. The first kappa shape index (κ1) is 20.2. The molecule has 2 heteroatoms. The van der Waals surface area contributed by atoms with Crippen molar-refractivity contribution in [2.45, 2.75) is 46.5 Å². The Bertz CT molecular complexity index is 1610. The second-order valence-corrected chi connectivity index (χ2v) is 10.1. The van der Waals surface area contributed by atoms with Crippen molar-refractivity contribution < 1.29 is 9.30 Å². The lowest BCUT2D eigenvalue weighted by atomic mass is 9.84. The molecule has 0 saturated carbocycles. The van der Waals surface area contributed by atoms with Crippen molar-refractivity contribution in [2.24, 2.45) is 7.05 Å². The Hall–Kier alpha value is -3.39. The first-order valence-corrected chi connectivity index (χ1v) is 12.0. The summed E-state index contributed by atoms with van der Waals surface area (Å²) in [5, 5.41) is 7.71. The van der Waals surface area contributed by atoms with Gasteiger partial charge in [-0.05, 0) is 57.5 Å². The van der Waals surface area contributed by atoms with E-state index in [-0.39, 0.29) is 0 Å². The Kier molecular flexibility index (Phi) is 4.32. The highest BCUT2D eigenvalue weighted by atomic mass is 16.5. The Labute approximate surface area is 195 Å². The van der Waals surface area contributed by atoms with E-state index < -0.39 is 0 Å². The highest BCUT2D eigenvalue weighted by molar-refractivity contribution is 6.17. The molecule has 0 unspecified atom stereocenters. The summed E-state index contributed by atoms with van der Waals surface area (Å²) in [6.07, 6.45) is 2.22. The second-order valence-electron chi connectivity index (χ2n) is 10.1. The molecule has 1 aliphatic rings. The van der Waals surface area contributed by atoms with Crippen LogP contribution in [0.2, 0.25) is 0 Å². The van der Waals surface area contributed by atoms with E-state index in [4.69, 9.17) is 4.74 Å². The number of fused-ring (bicyclic) bond motifs is 5. The van der Waals surface area contributed by atoms with Crippen molar-refractivity contribution in [3.63, 3.8) is 0 Å². The summed E-state index contributed by atoms with van der Waals surface area (Å²) in [5.74, 6) is 2.79. The number of nitrogens with zero attached hydrogens (tertiary/aromatic N) is 1. The minimum Gasteiger partial charge on any atom is -0.455 e. The summed E-state index contributed by atoms with van der Waals surface area (Å²) >= 11 is 0. The molecule has 0 amide bonds. The van der Waals surface area contributed by atoms with Gasteiger partial charge in [0.25, 0.3) is 0 Å². The van der Waals surface area contributed by atoms with Crippen LogP contribution in [0.1, 0.15) is 56.2 Å². The number of aromatic nitrogens is 1. The highest BCUT2D eigenvalue weighted by Crippen LogP contribution is 2.53. The molecule has 2 heterocycles. The molecule has 164 valence electrons. The van der Waals surface area contributed by atoms with Crippen LogP contribution in [0, 0.1) is 6.92 Å². The number of hydrogen-bond donors (Lipinski definition) is 0. The molecule has 0 saturated heterocycles. The lowest BCUT2D eigenvalue weighted by molar-refractivity contribution is -0.659. The molecule has 0 N–H and O–H groups in total. The van der Waals surface area contributed by atoms with Crippen LogP contribution < -0.4 is 9.30 Å². The first-order valence-electron chi connectivity index (χ1n) is 12.0. The normalized spacial score (nSPS) is 12.7. The minimum absolute atomic E-state index is 0.350. The SMILES string of the molecule is Cc1c2c(c(C(C)C)c3ccccc13)Oc1cc3cccc(C(C)C)c3c3cc[n+](C)c-2c13. The molecule has 0 bridgehead atoms. The average molecular weight is 433 g/mol. The Morgan fingerprint density at radius 1 is 0.788 bits per heavy atom. The van der Waals surface area contributed by atoms with Crippen molar-refractivity contribution >= 4 is 32.3 Å². The number of rotatable bonds is 2. The maximum atomic E-state index is 6.88. The summed E-state index contributed by atoms with van der Waals surface area (Å²) in [6.45, 7) is 11.3. The largest absolute Gasteiger partial charge is 0.455 e. The number of aryl methyl sites for hydroxylation is 2. The van der Waals surface area contributed by atoms with Gasteiger partial charge in [-0.15, -0.1) is 0 Å².